The standard InChI is InChI=1S/C18H22N8O3/c1-11-22-14(10-26(11)3)24-15(27)4-5-20-17(28)13-8-12(9-21-13)23-18(29)16-19-6-7-25(16)2/h6-10,21H,4-5H2,1-3H3,(H,20,28)(H,23,29)(H,24,27). The number of nitrogens with one attached hydrogen (secondary N) is 4. The summed E-state index contributed by atoms with van der Waals surface area (Å²) in [6.45, 7) is 1.99. The van der Waals surface area contributed by atoms with E-state index in [0.717, 1.165) is 5.82 Å². The smallest absolute Gasteiger partial charge is 0.291 e. The molecule has 11 nitrogen and oxygen atoms in total. The van der Waals surface area contributed by atoms with E-state index >= 15 is 0 Å². The lowest BCUT2D eigenvalue weighted by Gasteiger charge is -2.04. The summed E-state index contributed by atoms with van der Waals surface area (Å²) < 4.78 is 3.39. The second-order valence-electron chi connectivity index (χ2n) is 6.46. The normalized spacial score (nSPS) is 10.6. The molecular formula is C18H22N8O3. The Kier molecular flexibility index (Phi) is 5.77. The number of aromatic amines is 1. The average molecular weight is 398 g/mol. The molecule has 152 valence electrons. The van der Waals surface area contributed by atoms with Crippen molar-refractivity contribution in [2.24, 2.45) is 14.1 Å². The van der Waals surface area contributed by atoms with Crippen molar-refractivity contribution < 1.29 is 14.4 Å². The lowest BCUT2D eigenvalue weighted by molar-refractivity contribution is -0.116. The number of H-pyrrole nitrogens is 1. The fraction of sp³-hybridized carbons (Fsp3) is 0.278. The number of hydrogen-bond donors (Lipinski definition) is 4. The van der Waals surface area contributed by atoms with E-state index in [2.05, 4.69) is 30.9 Å². The molecule has 0 aliphatic heterocycles. The van der Waals surface area contributed by atoms with Crippen molar-refractivity contribution in [3.63, 3.8) is 0 Å². The average Bonchev–Trinajstić information content (AvgIpc) is 3.36. The van der Waals surface area contributed by atoms with Gasteiger partial charge in [-0.1, -0.05) is 0 Å². The summed E-state index contributed by atoms with van der Waals surface area (Å²) in [6.07, 6.45) is 6.51. The van der Waals surface area contributed by atoms with Crippen molar-refractivity contribution in [2.45, 2.75) is 13.3 Å². The third kappa shape index (κ3) is 4.89. The van der Waals surface area contributed by atoms with E-state index in [1.807, 2.05) is 14.0 Å². The predicted octanol–water partition coefficient (Wildman–Crippen LogP) is 0.801. The van der Waals surface area contributed by atoms with Crippen LogP contribution >= 0.6 is 0 Å². The van der Waals surface area contributed by atoms with Crippen LogP contribution in [0.4, 0.5) is 11.5 Å². The first-order chi connectivity index (χ1) is 13.8. The van der Waals surface area contributed by atoms with Crippen LogP contribution < -0.4 is 16.0 Å². The van der Waals surface area contributed by atoms with Crippen LogP contribution in [0, 0.1) is 6.92 Å². The van der Waals surface area contributed by atoms with E-state index in [1.165, 1.54) is 18.5 Å². The molecule has 11 heteroatoms. The molecule has 0 spiro atoms. The highest BCUT2D eigenvalue weighted by molar-refractivity contribution is 6.03. The van der Waals surface area contributed by atoms with Crippen LogP contribution in [-0.4, -0.2) is 48.4 Å². The molecule has 0 saturated heterocycles. The van der Waals surface area contributed by atoms with Crippen molar-refractivity contribution in [3.05, 3.63) is 48.2 Å². The topological polar surface area (TPSA) is 139 Å². The van der Waals surface area contributed by atoms with Crippen LogP contribution in [0.3, 0.4) is 0 Å². The molecule has 0 aliphatic carbocycles. The molecule has 0 atom stereocenters. The van der Waals surface area contributed by atoms with E-state index in [1.54, 1.807) is 28.6 Å². The maximum atomic E-state index is 12.2. The van der Waals surface area contributed by atoms with Crippen molar-refractivity contribution in [1.82, 2.24) is 29.4 Å². The summed E-state index contributed by atoms with van der Waals surface area (Å²) in [5, 5.41) is 7.99. The minimum atomic E-state index is -0.385. The third-order valence-corrected chi connectivity index (χ3v) is 4.22. The maximum absolute atomic E-state index is 12.2. The number of nitrogens with zero attached hydrogens (tertiary/aromatic N) is 4. The zero-order chi connectivity index (χ0) is 21.0. The highest BCUT2D eigenvalue weighted by Crippen LogP contribution is 2.11. The van der Waals surface area contributed by atoms with Gasteiger partial charge in [-0.15, -0.1) is 0 Å². The van der Waals surface area contributed by atoms with Gasteiger partial charge >= 0.3 is 0 Å². The first-order valence-electron chi connectivity index (χ1n) is 8.88. The number of imidazole rings is 2. The van der Waals surface area contributed by atoms with Crippen LogP contribution in [-0.2, 0) is 18.9 Å². The van der Waals surface area contributed by atoms with Gasteiger partial charge in [0.05, 0.1) is 5.69 Å². The van der Waals surface area contributed by atoms with Crippen LogP contribution in [0.5, 0.6) is 0 Å². The summed E-state index contributed by atoms with van der Waals surface area (Å²) in [5.41, 5.74) is 0.701. The maximum Gasteiger partial charge on any atom is 0.291 e. The zero-order valence-electron chi connectivity index (χ0n) is 16.3. The first kappa shape index (κ1) is 19.9. The summed E-state index contributed by atoms with van der Waals surface area (Å²) in [4.78, 5) is 47.2. The molecule has 0 bridgehead atoms. The Hall–Kier alpha value is -3.89. The number of aromatic nitrogens is 5. The van der Waals surface area contributed by atoms with E-state index in [9.17, 15) is 14.4 Å². The van der Waals surface area contributed by atoms with Gasteiger partial charge in [0.15, 0.2) is 11.6 Å². The molecule has 0 aromatic carbocycles. The van der Waals surface area contributed by atoms with Gasteiger partial charge in [0.25, 0.3) is 11.8 Å². The summed E-state index contributed by atoms with van der Waals surface area (Å²) in [5.74, 6) is 0.489. The van der Waals surface area contributed by atoms with Crippen molar-refractivity contribution in [1.29, 1.82) is 0 Å². The molecule has 4 N–H and O–H groups in total. The SMILES string of the molecule is Cc1nc(NC(=O)CCNC(=O)c2cc(NC(=O)c3nccn3C)c[nH]2)cn1C. The van der Waals surface area contributed by atoms with Gasteiger partial charge in [0.2, 0.25) is 5.91 Å². The molecule has 3 rings (SSSR count). The number of rotatable bonds is 7. The molecule has 0 fully saturated rings. The zero-order valence-corrected chi connectivity index (χ0v) is 16.3. The van der Waals surface area contributed by atoms with Crippen LogP contribution in [0.2, 0.25) is 0 Å². The van der Waals surface area contributed by atoms with Crippen molar-refractivity contribution in [2.75, 3.05) is 17.2 Å². The van der Waals surface area contributed by atoms with E-state index < -0.39 is 0 Å². The Bertz CT molecular complexity index is 1030. The van der Waals surface area contributed by atoms with Gasteiger partial charge in [-0.2, -0.15) is 0 Å². The lowest BCUT2D eigenvalue weighted by atomic mass is 10.3. The van der Waals surface area contributed by atoms with E-state index in [4.69, 9.17) is 0 Å². The van der Waals surface area contributed by atoms with Gasteiger partial charge < -0.3 is 30.1 Å². The van der Waals surface area contributed by atoms with Gasteiger partial charge in [-0.25, -0.2) is 9.97 Å². The molecule has 3 heterocycles. The Morgan fingerprint density at radius 3 is 2.59 bits per heavy atom. The highest BCUT2D eigenvalue weighted by atomic mass is 16.2. The number of carbonyl (C=O) groups excluding carboxylic acids is 3. The molecule has 3 amide bonds. The third-order valence-electron chi connectivity index (χ3n) is 4.22. The van der Waals surface area contributed by atoms with E-state index in [-0.39, 0.29) is 42.2 Å². The highest BCUT2D eigenvalue weighted by Gasteiger charge is 2.14. The number of anilines is 2. The molecule has 29 heavy (non-hydrogen) atoms. The van der Waals surface area contributed by atoms with Gasteiger partial charge in [-0.05, 0) is 13.0 Å². The minimum absolute atomic E-state index is 0.102. The largest absolute Gasteiger partial charge is 0.355 e. The molecule has 3 aromatic rings. The summed E-state index contributed by atoms with van der Waals surface area (Å²) in [6, 6.07) is 1.51. The summed E-state index contributed by atoms with van der Waals surface area (Å²) >= 11 is 0. The van der Waals surface area contributed by atoms with Crippen LogP contribution in [0.15, 0.2) is 30.9 Å². The Morgan fingerprint density at radius 2 is 1.93 bits per heavy atom. The second-order valence-corrected chi connectivity index (χ2v) is 6.46. The predicted molar refractivity (Wildman–Crippen MR) is 105 cm³/mol. The fourth-order valence-corrected chi connectivity index (χ4v) is 2.58. The molecule has 0 radical (unpaired) electrons. The minimum Gasteiger partial charge on any atom is -0.355 e. The van der Waals surface area contributed by atoms with Crippen molar-refractivity contribution >= 4 is 29.2 Å². The monoisotopic (exact) mass is 398 g/mol. The lowest BCUT2D eigenvalue weighted by Crippen LogP contribution is -2.28. The van der Waals surface area contributed by atoms with Crippen LogP contribution in [0.1, 0.15) is 33.4 Å². The molecule has 3 aromatic heterocycles. The van der Waals surface area contributed by atoms with E-state index in [0.29, 0.717) is 11.5 Å². The van der Waals surface area contributed by atoms with Gasteiger partial charge in [-0.3, -0.25) is 14.4 Å². The Balaban J connectivity index is 1.45. The molecule has 0 saturated carbocycles. The molecular weight excluding hydrogens is 376 g/mol. The Labute approximate surface area is 166 Å². The van der Waals surface area contributed by atoms with Gasteiger partial charge in [0.1, 0.15) is 11.5 Å². The number of hydrogen-bond acceptors (Lipinski definition) is 5. The quantitative estimate of drug-likeness (QED) is 0.466. The molecule has 0 unspecified atom stereocenters. The number of amides is 3. The number of aryl methyl sites for hydroxylation is 3. The van der Waals surface area contributed by atoms with Crippen molar-refractivity contribution in [3.8, 4) is 0 Å². The van der Waals surface area contributed by atoms with Gasteiger partial charge in [0, 0.05) is 51.8 Å². The number of carbonyl (C=O) groups is 3. The second kappa shape index (κ2) is 8.42. The fourth-order valence-electron chi connectivity index (χ4n) is 2.58. The van der Waals surface area contributed by atoms with Crippen LogP contribution in [0.25, 0.3) is 0 Å². The molecule has 0 aliphatic rings. The Morgan fingerprint density at radius 1 is 1.14 bits per heavy atom. The first-order valence-corrected chi connectivity index (χ1v) is 8.88. The summed E-state index contributed by atoms with van der Waals surface area (Å²) in [7, 11) is 3.55.